The van der Waals surface area contributed by atoms with Crippen LogP contribution in [0.3, 0.4) is 0 Å². The summed E-state index contributed by atoms with van der Waals surface area (Å²) in [6.45, 7) is 2.90. The average Bonchev–Trinajstić information content (AvgIpc) is 2.20. The third-order valence-corrected chi connectivity index (χ3v) is 3.20. The van der Waals surface area contributed by atoms with Gasteiger partial charge in [0.05, 0.1) is 5.60 Å². The third kappa shape index (κ3) is 2.29. The van der Waals surface area contributed by atoms with E-state index in [0.29, 0.717) is 0 Å². The van der Waals surface area contributed by atoms with E-state index >= 15 is 0 Å². The summed E-state index contributed by atoms with van der Waals surface area (Å²) in [7, 11) is 1.80. The maximum absolute atomic E-state index is 5.53. The number of anilines is 1. The molecule has 1 N–H and O–H groups in total. The zero-order valence-electron chi connectivity index (χ0n) is 9.42. The second-order valence-electron chi connectivity index (χ2n) is 4.32. The molecule has 82 valence electrons. The Morgan fingerprint density at radius 2 is 2.27 bits per heavy atom. The summed E-state index contributed by atoms with van der Waals surface area (Å²) in [5, 5.41) is 3.33. The maximum Gasteiger partial charge on any atom is 0.125 e. The quantitative estimate of drug-likeness (QED) is 0.821. The van der Waals surface area contributed by atoms with Gasteiger partial charge in [0.25, 0.3) is 0 Å². The molecule has 0 aromatic carbocycles. The lowest BCUT2D eigenvalue weighted by Crippen LogP contribution is -2.45. The molecule has 1 fully saturated rings. The molecule has 0 radical (unpaired) electrons. The normalized spacial score (nSPS) is 18.3. The van der Waals surface area contributed by atoms with E-state index < -0.39 is 0 Å². The molecule has 3 heteroatoms. The summed E-state index contributed by atoms with van der Waals surface area (Å²) in [6, 6.07) is 4.08. The van der Waals surface area contributed by atoms with Crippen LogP contribution in [-0.2, 0) is 4.74 Å². The number of aromatic nitrogens is 1. The number of rotatable bonds is 4. The molecule has 1 saturated carbocycles. The van der Waals surface area contributed by atoms with E-state index in [1.54, 1.807) is 7.11 Å². The van der Waals surface area contributed by atoms with E-state index in [4.69, 9.17) is 4.74 Å². The molecule has 0 bridgehead atoms. The van der Waals surface area contributed by atoms with E-state index in [-0.39, 0.29) is 5.60 Å². The number of hydrogen-bond acceptors (Lipinski definition) is 3. The molecular formula is C12H18N2O. The van der Waals surface area contributed by atoms with Crippen molar-refractivity contribution in [3.63, 3.8) is 0 Å². The average molecular weight is 206 g/mol. The van der Waals surface area contributed by atoms with Gasteiger partial charge < -0.3 is 10.1 Å². The summed E-state index contributed by atoms with van der Waals surface area (Å²) >= 11 is 0. The van der Waals surface area contributed by atoms with Crippen LogP contribution in [0.25, 0.3) is 0 Å². The predicted molar refractivity (Wildman–Crippen MR) is 61.1 cm³/mol. The monoisotopic (exact) mass is 206 g/mol. The van der Waals surface area contributed by atoms with E-state index in [9.17, 15) is 0 Å². The summed E-state index contributed by atoms with van der Waals surface area (Å²) in [4.78, 5) is 4.31. The number of pyridine rings is 1. The molecule has 1 aliphatic carbocycles. The highest BCUT2D eigenvalue weighted by atomic mass is 16.5. The lowest BCUT2D eigenvalue weighted by Gasteiger charge is -2.40. The highest BCUT2D eigenvalue weighted by Crippen LogP contribution is 2.34. The molecule has 1 aromatic rings. The van der Waals surface area contributed by atoms with Gasteiger partial charge in [-0.3, -0.25) is 0 Å². The first-order valence-electron chi connectivity index (χ1n) is 5.46. The second-order valence-corrected chi connectivity index (χ2v) is 4.32. The minimum Gasteiger partial charge on any atom is -0.376 e. The molecule has 0 amide bonds. The Morgan fingerprint density at radius 1 is 1.47 bits per heavy atom. The van der Waals surface area contributed by atoms with Crippen molar-refractivity contribution in [2.45, 2.75) is 31.8 Å². The van der Waals surface area contributed by atoms with Gasteiger partial charge in [0.15, 0.2) is 0 Å². The van der Waals surface area contributed by atoms with Crippen LogP contribution in [0, 0.1) is 6.92 Å². The summed E-state index contributed by atoms with van der Waals surface area (Å²) in [5.74, 6) is 0.934. The summed E-state index contributed by atoms with van der Waals surface area (Å²) in [5.41, 5.74) is 1.25. The van der Waals surface area contributed by atoms with Crippen molar-refractivity contribution in [1.82, 2.24) is 4.98 Å². The Balaban J connectivity index is 1.90. The van der Waals surface area contributed by atoms with E-state index in [1.165, 1.54) is 12.0 Å². The molecule has 0 unspecified atom stereocenters. The van der Waals surface area contributed by atoms with Gasteiger partial charge >= 0.3 is 0 Å². The van der Waals surface area contributed by atoms with Crippen molar-refractivity contribution in [2.75, 3.05) is 19.0 Å². The SMILES string of the molecule is COC1(CNc2ccc(C)cn2)CCC1. The number of hydrogen-bond donors (Lipinski definition) is 1. The Hall–Kier alpha value is -1.09. The van der Waals surface area contributed by atoms with Crippen LogP contribution in [0.1, 0.15) is 24.8 Å². The van der Waals surface area contributed by atoms with Crippen LogP contribution >= 0.6 is 0 Å². The molecule has 3 nitrogen and oxygen atoms in total. The topological polar surface area (TPSA) is 34.1 Å². The molecule has 15 heavy (non-hydrogen) atoms. The van der Waals surface area contributed by atoms with Crippen molar-refractivity contribution in [3.05, 3.63) is 23.9 Å². The van der Waals surface area contributed by atoms with E-state index in [1.807, 2.05) is 19.2 Å². The highest BCUT2D eigenvalue weighted by Gasteiger charge is 2.36. The van der Waals surface area contributed by atoms with Crippen molar-refractivity contribution in [1.29, 1.82) is 0 Å². The number of aryl methyl sites for hydroxylation is 1. The minimum absolute atomic E-state index is 0.0621. The number of methoxy groups -OCH3 is 1. The summed E-state index contributed by atoms with van der Waals surface area (Å²) < 4.78 is 5.53. The van der Waals surface area contributed by atoms with Crippen LogP contribution in [0.4, 0.5) is 5.82 Å². The zero-order valence-corrected chi connectivity index (χ0v) is 9.42. The van der Waals surface area contributed by atoms with Crippen molar-refractivity contribution in [3.8, 4) is 0 Å². The molecule has 1 heterocycles. The first-order chi connectivity index (χ1) is 7.24. The Bertz CT molecular complexity index is 311. The molecule has 0 atom stereocenters. The van der Waals surface area contributed by atoms with Crippen LogP contribution in [0.2, 0.25) is 0 Å². The van der Waals surface area contributed by atoms with Gasteiger partial charge in [0, 0.05) is 19.9 Å². The minimum atomic E-state index is 0.0621. The zero-order chi connectivity index (χ0) is 10.7. The number of nitrogens with one attached hydrogen (secondary N) is 1. The van der Waals surface area contributed by atoms with Gasteiger partial charge in [-0.1, -0.05) is 6.07 Å². The highest BCUT2D eigenvalue weighted by molar-refractivity contribution is 5.35. The summed E-state index contributed by atoms with van der Waals surface area (Å²) in [6.07, 6.45) is 5.46. The van der Waals surface area contributed by atoms with Crippen LogP contribution in [0.5, 0.6) is 0 Å². The first-order valence-corrected chi connectivity index (χ1v) is 5.46. The maximum atomic E-state index is 5.53. The Labute approximate surface area is 90.9 Å². The molecule has 1 aliphatic rings. The fourth-order valence-corrected chi connectivity index (χ4v) is 1.85. The van der Waals surface area contributed by atoms with Crippen molar-refractivity contribution in [2.24, 2.45) is 0 Å². The molecule has 1 aromatic heterocycles. The Kier molecular flexibility index (Phi) is 2.91. The lowest BCUT2D eigenvalue weighted by atomic mass is 9.80. The van der Waals surface area contributed by atoms with Gasteiger partial charge in [0.2, 0.25) is 0 Å². The molecule has 0 saturated heterocycles. The predicted octanol–water partition coefficient (Wildman–Crippen LogP) is 2.37. The standard InChI is InChI=1S/C12H18N2O/c1-10-4-5-11(13-8-10)14-9-12(15-2)6-3-7-12/h4-5,8H,3,6-7,9H2,1-2H3,(H,13,14). The van der Waals surface area contributed by atoms with Crippen LogP contribution in [-0.4, -0.2) is 24.2 Å². The molecule has 0 spiro atoms. The van der Waals surface area contributed by atoms with Gasteiger partial charge in [-0.15, -0.1) is 0 Å². The van der Waals surface area contributed by atoms with E-state index in [0.717, 1.165) is 25.2 Å². The van der Waals surface area contributed by atoms with Gasteiger partial charge in [-0.25, -0.2) is 4.98 Å². The lowest BCUT2D eigenvalue weighted by molar-refractivity contribution is -0.0601. The van der Waals surface area contributed by atoms with Crippen molar-refractivity contribution < 1.29 is 4.74 Å². The van der Waals surface area contributed by atoms with Crippen molar-refractivity contribution >= 4 is 5.82 Å². The van der Waals surface area contributed by atoms with Crippen LogP contribution < -0.4 is 5.32 Å². The van der Waals surface area contributed by atoms with E-state index in [2.05, 4.69) is 16.4 Å². The smallest absolute Gasteiger partial charge is 0.125 e. The fourth-order valence-electron chi connectivity index (χ4n) is 1.85. The number of nitrogens with zero attached hydrogens (tertiary/aromatic N) is 1. The third-order valence-electron chi connectivity index (χ3n) is 3.20. The molecular weight excluding hydrogens is 188 g/mol. The Morgan fingerprint density at radius 3 is 2.73 bits per heavy atom. The molecule has 2 rings (SSSR count). The molecule has 0 aliphatic heterocycles. The van der Waals surface area contributed by atoms with Crippen LogP contribution in [0.15, 0.2) is 18.3 Å². The second kappa shape index (κ2) is 4.19. The first kappa shape index (κ1) is 10.4. The van der Waals surface area contributed by atoms with Gasteiger partial charge in [-0.2, -0.15) is 0 Å². The fraction of sp³-hybridized carbons (Fsp3) is 0.583. The largest absolute Gasteiger partial charge is 0.376 e. The van der Waals surface area contributed by atoms with Gasteiger partial charge in [0.1, 0.15) is 5.82 Å². The number of ether oxygens (including phenoxy) is 1. The van der Waals surface area contributed by atoms with Gasteiger partial charge in [-0.05, 0) is 37.8 Å².